The van der Waals surface area contributed by atoms with Gasteiger partial charge in [-0.3, -0.25) is 4.79 Å². The molecule has 0 radical (unpaired) electrons. The third-order valence-corrected chi connectivity index (χ3v) is 5.69. The summed E-state index contributed by atoms with van der Waals surface area (Å²) in [4.78, 5) is 14.8. The molecule has 108 valence electrons. The Morgan fingerprint density at radius 1 is 1.16 bits per heavy atom. The maximum Gasteiger partial charge on any atom is 0.223 e. The number of nitrogens with zero attached hydrogens (tertiary/aromatic N) is 1. The molecule has 3 unspecified atom stereocenters. The second kappa shape index (κ2) is 5.82. The Labute approximate surface area is 117 Å². The molecular weight excluding hydrogens is 236 g/mol. The van der Waals surface area contributed by atoms with E-state index in [1.807, 2.05) is 0 Å². The van der Waals surface area contributed by atoms with Crippen molar-refractivity contribution in [2.75, 3.05) is 19.6 Å². The molecule has 0 bridgehead atoms. The average Bonchev–Trinajstić information content (AvgIpc) is 2.87. The van der Waals surface area contributed by atoms with Gasteiger partial charge in [-0.05, 0) is 37.5 Å². The number of likely N-dealkylation sites (tertiary alicyclic amines) is 1. The second-order valence-electron chi connectivity index (χ2n) is 6.93. The van der Waals surface area contributed by atoms with Gasteiger partial charge in [0.25, 0.3) is 0 Å². The maximum absolute atomic E-state index is 12.6. The van der Waals surface area contributed by atoms with Crippen molar-refractivity contribution in [3.05, 3.63) is 0 Å². The van der Waals surface area contributed by atoms with Gasteiger partial charge in [-0.2, -0.15) is 0 Å². The zero-order chi connectivity index (χ0) is 13.2. The molecule has 3 aliphatic rings. The van der Waals surface area contributed by atoms with Gasteiger partial charge in [0, 0.05) is 32.1 Å². The fourth-order valence-electron chi connectivity index (χ4n) is 4.43. The fourth-order valence-corrected chi connectivity index (χ4v) is 4.43. The highest BCUT2D eigenvalue weighted by atomic mass is 16.2. The number of amides is 1. The first kappa shape index (κ1) is 13.4. The molecule has 3 heteroatoms. The van der Waals surface area contributed by atoms with Crippen molar-refractivity contribution < 1.29 is 4.79 Å². The molecule has 3 nitrogen and oxygen atoms in total. The zero-order valence-corrected chi connectivity index (χ0v) is 12.2. The van der Waals surface area contributed by atoms with Gasteiger partial charge in [0.2, 0.25) is 5.91 Å². The normalized spacial score (nSPS) is 36.3. The Bertz CT molecular complexity index is 323. The van der Waals surface area contributed by atoms with Crippen LogP contribution >= 0.6 is 0 Å². The molecule has 0 aromatic heterocycles. The fraction of sp³-hybridized carbons (Fsp3) is 0.938. The Hall–Kier alpha value is -0.570. The molecule has 0 aromatic rings. The van der Waals surface area contributed by atoms with E-state index < -0.39 is 0 Å². The highest BCUT2D eigenvalue weighted by molar-refractivity contribution is 5.77. The summed E-state index contributed by atoms with van der Waals surface area (Å²) in [6.07, 6.45) is 8.80. The van der Waals surface area contributed by atoms with Crippen LogP contribution in [-0.4, -0.2) is 36.5 Å². The van der Waals surface area contributed by atoms with Crippen molar-refractivity contribution in [1.82, 2.24) is 10.2 Å². The third kappa shape index (κ3) is 2.81. The van der Waals surface area contributed by atoms with E-state index in [0.717, 1.165) is 26.1 Å². The molecule has 19 heavy (non-hydrogen) atoms. The molecule has 3 fully saturated rings. The van der Waals surface area contributed by atoms with E-state index in [-0.39, 0.29) is 0 Å². The monoisotopic (exact) mass is 264 g/mol. The number of fused-ring (bicyclic) bond motifs is 1. The standard InChI is InChI=1S/C16H28N2O/c1-12-15-10-17-9-14(15)11-18(12)16(19)8-13-6-4-2-3-5-7-13/h12-15,17H,2-11H2,1H3. The highest BCUT2D eigenvalue weighted by Gasteiger charge is 2.43. The van der Waals surface area contributed by atoms with Gasteiger partial charge in [0.05, 0.1) is 0 Å². The van der Waals surface area contributed by atoms with Gasteiger partial charge in [-0.25, -0.2) is 0 Å². The Morgan fingerprint density at radius 3 is 2.58 bits per heavy atom. The summed E-state index contributed by atoms with van der Waals surface area (Å²) in [5.41, 5.74) is 0. The SMILES string of the molecule is CC1C2CNCC2CN1C(=O)CC1CCCCCC1. The molecule has 2 aliphatic heterocycles. The van der Waals surface area contributed by atoms with Crippen molar-refractivity contribution >= 4 is 5.91 Å². The van der Waals surface area contributed by atoms with E-state index in [1.165, 1.54) is 38.5 Å². The summed E-state index contributed by atoms with van der Waals surface area (Å²) in [5, 5.41) is 3.47. The van der Waals surface area contributed by atoms with Crippen molar-refractivity contribution in [1.29, 1.82) is 0 Å². The molecule has 1 aliphatic carbocycles. The van der Waals surface area contributed by atoms with Crippen LogP contribution in [-0.2, 0) is 4.79 Å². The van der Waals surface area contributed by atoms with Gasteiger partial charge in [-0.15, -0.1) is 0 Å². The lowest BCUT2D eigenvalue weighted by molar-refractivity contribution is -0.133. The molecule has 0 spiro atoms. The summed E-state index contributed by atoms with van der Waals surface area (Å²) in [6, 6.07) is 0.457. The largest absolute Gasteiger partial charge is 0.339 e. The van der Waals surface area contributed by atoms with Crippen LogP contribution in [0.5, 0.6) is 0 Å². The van der Waals surface area contributed by atoms with E-state index in [4.69, 9.17) is 0 Å². The lowest BCUT2D eigenvalue weighted by Gasteiger charge is -2.26. The predicted octanol–water partition coefficient (Wildman–Crippen LogP) is 2.41. The third-order valence-electron chi connectivity index (χ3n) is 5.69. The molecular formula is C16H28N2O. The topological polar surface area (TPSA) is 32.3 Å². The molecule has 2 saturated heterocycles. The van der Waals surface area contributed by atoms with Crippen LogP contribution in [0.2, 0.25) is 0 Å². The number of carbonyl (C=O) groups excluding carboxylic acids is 1. The van der Waals surface area contributed by atoms with Crippen LogP contribution in [0.3, 0.4) is 0 Å². The van der Waals surface area contributed by atoms with Crippen LogP contribution in [0.25, 0.3) is 0 Å². The van der Waals surface area contributed by atoms with E-state index in [2.05, 4.69) is 17.1 Å². The quantitative estimate of drug-likeness (QED) is 0.777. The Balaban J connectivity index is 1.55. The molecule has 2 heterocycles. The van der Waals surface area contributed by atoms with Gasteiger partial charge < -0.3 is 10.2 Å². The first-order valence-corrected chi connectivity index (χ1v) is 8.26. The molecule has 0 aromatic carbocycles. The number of rotatable bonds is 2. The number of carbonyl (C=O) groups is 1. The van der Waals surface area contributed by atoms with Crippen LogP contribution in [0.4, 0.5) is 0 Å². The van der Waals surface area contributed by atoms with Gasteiger partial charge in [-0.1, -0.05) is 25.7 Å². The molecule has 3 atom stereocenters. The van der Waals surface area contributed by atoms with Crippen molar-refractivity contribution in [3.8, 4) is 0 Å². The Morgan fingerprint density at radius 2 is 1.89 bits per heavy atom. The lowest BCUT2D eigenvalue weighted by atomic mass is 9.94. The first-order valence-electron chi connectivity index (χ1n) is 8.26. The smallest absolute Gasteiger partial charge is 0.223 e. The minimum absolute atomic E-state index is 0.439. The van der Waals surface area contributed by atoms with Crippen LogP contribution < -0.4 is 5.32 Å². The summed E-state index contributed by atoms with van der Waals surface area (Å²) >= 11 is 0. The van der Waals surface area contributed by atoms with E-state index >= 15 is 0 Å². The summed E-state index contributed by atoms with van der Waals surface area (Å²) < 4.78 is 0. The zero-order valence-electron chi connectivity index (χ0n) is 12.2. The van der Waals surface area contributed by atoms with Crippen LogP contribution in [0, 0.1) is 17.8 Å². The molecule has 1 saturated carbocycles. The summed E-state index contributed by atoms with van der Waals surface area (Å²) in [5.74, 6) is 2.53. The van der Waals surface area contributed by atoms with Crippen LogP contribution in [0.15, 0.2) is 0 Å². The predicted molar refractivity (Wildman–Crippen MR) is 76.8 cm³/mol. The number of hydrogen-bond acceptors (Lipinski definition) is 2. The lowest BCUT2D eigenvalue weighted by Crippen LogP contribution is -2.38. The second-order valence-corrected chi connectivity index (χ2v) is 6.93. The van der Waals surface area contributed by atoms with Gasteiger partial charge in [0.15, 0.2) is 0 Å². The summed E-state index contributed by atoms with van der Waals surface area (Å²) in [6.45, 7) is 5.48. The van der Waals surface area contributed by atoms with Crippen molar-refractivity contribution in [2.24, 2.45) is 17.8 Å². The van der Waals surface area contributed by atoms with Crippen molar-refractivity contribution in [3.63, 3.8) is 0 Å². The molecule has 1 amide bonds. The van der Waals surface area contributed by atoms with Crippen molar-refractivity contribution in [2.45, 2.75) is 57.9 Å². The number of nitrogens with one attached hydrogen (secondary N) is 1. The molecule has 1 N–H and O–H groups in total. The number of hydrogen-bond donors (Lipinski definition) is 1. The van der Waals surface area contributed by atoms with Gasteiger partial charge >= 0.3 is 0 Å². The Kier molecular flexibility index (Phi) is 4.11. The maximum atomic E-state index is 12.6. The highest BCUT2D eigenvalue weighted by Crippen LogP contribution is 2.34. The van der Waals surface area contributed by atoms with E-state index in [1.54, 1.807) is 0 Å². The van der Waals surface area contributed by atoms with E-state index in [0.29, 0.717) is 29.7 Å². The first-order chi connectivity index (χ1) is 9.25. The summed E-state index contributed by atoms with van der Waals surface area (Å²) in [7, 11) is 0. The minimum Gasteiger partial charge on any atom is -0.339 e. The average molecular weight is 264 g/mol. The van der Waals surface area contributed by atoms with Gasteiger partial charge in [0.1, 0.15) is 0 Å². The molecule has 3 rings (SSSR count). The van der Waals surface area contributed by atoms with E-state index in [9.17, 15) is 4.79 Å². The minimum atomic E-state index is 0.439. The van der Waals surface area contributed by atoms with Crippen LogP contribution in [0.1, 0.15) is 51.9 Å².